The normalized spacial score (nSPS) is 15.9. The molecule has 0 spiro atoms. The van der Waals surface area contributed by atoms with E-state index in [9.17, 15) is 4.79 Å². The molecule has 14 heavy (non-hydrogen) atoms. The van der Waals surface area contributed by atoms with E-state index in [1.165, 1.54) is 0 Å². The van der Waals surface area contributed by atoms with Crippen molar-refractivity contribution in [1.82, 2.24) is 10.2 Å². The van der Waals surface area contributed by atoms with Gasteiger partial charge in [-0.1, -0.05) is 13.8 Å². The molecule has 0 rings (SSSR count). The second-order valence-corrected chi connectivity index (χ2v) is 4.48. The van der Waals surface area contributed by atoms with Crippen LogP contribution in [-0.4, -0.2) is 48.7 Å². The Balaban J connectivity index is 4.24. The Hall–Kier alpha value is -0.610. The average Bonchev–Trinajstić information content (AvgIpc) is 2.01. The number of hydrogen-bond acceptors (Lipinski definition) is 3. The number of nitrogens with zero attached hydrogens (tertiary/aromatic N) is 1. The first-order valence-electron chi connectivity index (χ1n) is 4.92. The summed E-state index contributed by atoms with van der Waals surface area (Å²) in [6.45, 7) is 7.36. The van der Waals surface area contributed by atoms with Gasteiger partial charge in [0.2, 0.25) is 0 Å². The van der Waals surface area contributed by atoms with Crippen LogP contribution in [0.5, 0.6) is 0 Å². The summed E-state index contributed by atoms with van der Waals surface area (Å²) in [5.41, 5.74) is -0.857. The maximum Gasteiger partial charge on any atom is 0.324 e. The summed E-state index contributed by atoms with van der Waals surface area (Å²) in [4.78, 5) is 13.0. The molecular formula is C10H22N2O2. The van der Waals surface area contributed by atoms with Crippen LogP contribution in [0.4, 0.5) is 0 Å². The van der Waals surface area contributed by atoms with Gasteiger partial charge in [-0.3, -0.25) is 4.79 Å². The zero-order chi connectivity index (χ0) is 11.4. The number of hydrogen-bond donors (Lipinski definition) is 2. The molecule has 4 heteroatoms. The number of aliphatic carboxylic acids is 1. The first-order chi connectivity index (χ1) is 6.31. The van der Waals surface area contributed by atoms with Gasteiger partial charge in [0, 0.05) is 13.1 Å². The van der Waals surface area contributed by atoms with Crippen molar-refractivity contribution in [3.8, 4) is 0 Å². The van der Waals surface area contributed by atoms with E-state index in [0.717, 1.165) is 6.54 Å². The van der Waals surface area contributed by atoms with Crippen LogP contribution in [0, 0.1) is 5.92 Å². The summed E-state index contributed by atoms with van der Waals surface area (Å²) in [6.07, 6.45) is 0. The van der Waals surface area contributed by atoms with E-state index < -0.39 is 11.5 Å². The molecule has 0 aliphatic carbocycles. The largest absolute Gasteiger partial charge is 0.480 e. The molecule has 0 fully saturated rings. The van der Waals surface area contributed by atoms with Crippen LogP contribution in [0.25, 0.3) is 0 Å². The van der Waals surface area contributed by atoms with E-state index in [2.05, 4.69) is 19.2 Å². The summed E-state index contributed by atoms with van der Waals surface area (Å²) >= 11 is 0. The minimum atomic E-state index is -0.857. The molecule has 1 atom stereocenters. The maximum atomic E-state index is 11.0. The van der Waals surface area contributed by atoms with E-state index >= 15 is 0 Å². The molecule has 0 bridgehead atoms. The Labute approximate surface area is 86.3 Å². The van der Waals surface area contributed by atoms with Gasteiger partial charge in [0.05, 0.1) is 0 Å². The second kappa shape index (κ2) is 5.32. The predicted molar refractivity (Wildman–Crippen MR) is 57.4 cm³/mol. The SMILES string of the molecule is CNC(C)(CN(C)CC(C)C)C(=O)O. The van der Waals surface area contributed by atoms with Gasteiger partial charge >= 0.3 is 5.97 Å². The monoisotopic (exact) mass is 202 g/mol. The molecule has 0 aromatic carbocycles. The van der Waals surface area contributed by atoms with Crippen LogP contribution < -0.4 is 5.32 Å². The number of rotatable bonds is 6. The summed E-state index contributed by atoms with van der Waals surface area (Å²) < 4.78 is 0. The van der Waals surface area contributed by atoms with Crippen molar-refractivity contribution in [1.29, 1.82) is 0 Å². The maximum absolute atomic E-state index is 11.0. The van der Waals surface area contributed by atoms with E-state index in [1.807, 2.05) is 11.9 Å². The fraction of sp³-hybridized carbons (Fsp3) is 0.900. The molecule has 84 valence electrons. The lowest BCUT2D eigenvalue weighted by Gasteiger charge is -2.30. The fourth-order valence-corrected chi connectivity index (χ4v) is 1.48. The lowest BCUT2D eigenvalue weighted by molar-refractivity contribution is -0.144. The van der Waals surface area contributed by atoms with Crippen LogP contribution in [0.2, 0.25) is 0 Å². The zero-order valence-corrected chi connectivity index (χ0v) is 9.79. The third-order valence-electron chi connectivity index (χ3n) is 2.29. The van der Waals surface area contributed by atoms with Gasteiger partial charge in [0.1, 0.15) is 5.54 Å². The molecule has 4 nitrogen and oxygen atoms in total. The number of likely N-dealkylation sites (N-methyl/N-ethyl adjacent to an activating group) is 2. The first-order valence-corrected chi connectivity index (χ1v) is 4.92. The van der Waals surface area contributed by atoms with Crippen LogP contribution in [0.3, 0.4) is 0 Å². The lowest BCUT2D eigenvalue weighted by Crippen LogP contribution is -2.55. The van der Waals surface area contributed by atoms with Crippen molar-refractivity contribution in [3.63, 3.8) is 0 Å². The van der Waals surface area contributed by atoms with Crippen LogP contribution in [0.1, 0.15) is 20.8 Å². The average molecular weight is 202 g/mol. The van der Waals surface area contributed by atoms with Crippen LogP contribution in [-0.2, 0) is 4.79 Å². The molecule has 0 saturated heterocycles. The molecule has 0 amide bonds. The smallest absolute Gasteiger partial charge is 0.324 e. The summed E-state index contributed by atoms with van der Waals surface area (Å²) in [6, 6.07) is 0. The van der Waals surface area contributed by atoms with Crippen LogP contribution in [0.15, 0.2) is 0 Å². The van der Waals surface area contributed by atoms with Crippen molar-refractivity contribution < 1.29 is 9.90 Å². The zero-order valence-electron chi connectivity index (χ0n) is 9.79. The molecular weight excluding hydrogens is 180 g/mol. The highest BCUT2D eigenvalue weighted by Crippen LogP contribution is 2.07. The highest BCUT2D eigenvalue weighted by Gasteiger charge is 2.32. The standard InChI is InChI=1S/C10H22N2O2/c1-8(2)6-12(5)7-10(3,11-4)9(13)14/h8,11H,6-7H2,1-5H3,(H,13,14). The Morgan fingerprint density at radius 1 is 1.57 bits per heavy atom. The van der Waals surface area contributed by atoms with E-state index in [-0.39, 0.29) is 0 Å². The topological polar surface area (TPSA) is 52.6 Å². The van der Waals surface area contributed by atoms with Gasteiger partial charge in [-0.05, 0) is 26.9 Å². The van der Waals surface area contributed by atoms with Gasteiger partial charge in [0.15, 0.2) is 0 Å². The van der Waals surface area contributed by atoms with E-state index in [1.54, 1.807) is 14.0 Å². The number of carboxylic acid groups (broad SMARTS) is 1. The van der Waals surface area contributed by atoms with Crippen molar-refractivity contribution in [3.05, 3.63) is 0 Å². The Bertz CT molecular complexity index is 195. The molecule has 0 aromatic rings. The van der Waals surface area contributed by atoms with Crippen molar-refractivity contribution in [2.75, 3.05) is 27.2 Å². The number of carbonyl (C=O) groups is 1. The minimum Gasteiger partial charge on any atom is -0.480 e. The Kier molecular flexibility index (Phi) is 5.08. The quantitative estimate of drug-likeness (QED) is 0.663. The summed E-state index contributed by atoms with van der Waals surface area (Å²) in [7, 11) is 3.62. The van der Waals surface area contributed by atoms with Gasteiger partial charge in [0.25, 0.3) is 0 Å². The van der Waals surface area contributed by atoms with E-state index in [4.69, 9.17) is 5.11 Å². The predicted octanol–water partition coefficient (Wildman–Crippen LogP) is 0.637. The van der Waals surface area contributed by atoms with Crippen molar-refractivity contribution >= 4 is 5.97 Å². The lowest BCUT2D eigenvalue weighted by atomic mass is 10.0. The minimum absolute atomic E-state index is 0.511. The van der Waals surface area contributed by atoms with Crippen molar-refractivity contribution in [2.24, 2.45) is 5.92 Å². The van der Waals surface area contributed by atoms with Crippen LogP contribution >= 0.6 is 0 Å². The summed E-state index contributed by atoms with van der Waals surface area (Å²) in [5, 5.41) is 11.9. The molecule has 0 radical (unpaired) electrons. The highest BCUT2D eigenvalue weighted by atomic mass is 16.4. The van der Waals surface area contributed by atoms with Gasteiger partial charge in [-0.15, -0.1) is 0 Å². The van der Waals surface area contributed by atoms with Gasteiger partial charge in [-0.25, -0.2) is 0 Å². The molecule has 2 N–H and O–H groups in total. The van der Waals surface area contributed by atoms with E-state index in [0.29, 0.717) is 12.5 Å². The second-order valence-electron chi connectivity index (χ2n) is 4.48. The third-order valence-corrected chi connectivity index (χ3v) is 2.29. The number of nitrogens with one attached hydrogen (secondary N) is 1. The van der Waals surface area contributed by atoms with Gasteiger partial charge < -0.3 is 15.3 Å². The van der Waals surface area contributed by atoms with Crippen molar-refractivity contribution in [2.45, 2.75) is 26.3 Å². The molecule has 0 aromatic heterocycles. The molecule has 0 heterocycles. The molecule has 1 unspecified atom stereocenters. The fourth-order valence-electron chi connectivity index (χ4n) is 1.48. The van der Waals surface area contributed by atoms with Gasteiger partial charge in [-0.2, -0.15) is 0 Å². The first kappa shape index (κ1) is 13.4. The highest BCUT2D eigenvalue weighted by molar-refractivity contribution is 5.78. The Morgan fingerprint density at radius 2 is 2.07 bits per heavy atom. The molecule has 0 aliphatic heterocycles. The molecule has 0 aliphatic rings. The number of carboxylic acids is 1. The molecule has 0 saturated carbocycles. The third kappa shape index (κ3) is 4.07. The summed E-state index contributed by atoms with van der Waals surface area (Å²) in [5.74, 6) is -0.259. The Morgan fingerprint density at radius 3 is 2.36 bits per heavy atom.